The fourth-order valence-electron chi connectivity index (χ4n) is 2.38. The van der Waals surface area contributed by atoms with Crippen molar-refractivity contribution in [3.05, 3.63) is 65.7 Å². The van der Waals surface area contributed by atoms with Crippen molar-refractivity contribution in [3.63, 3.8) is 0 Å². The Morgan fingerprint density at radius 3 is 2.48 bits per heavy atom. The molecule has 0 saturated carbocycles. The van der Waals surface area contributed by atoms with Crippen LogP contribution in [-0.4, -0.2) is 26.1 Å². The topological polar surface area (TPSA) is 75.3 Å². The molecule has 2 rings (SSSR count). The number of carbonyl (C=O) groups is 1. The Kier molecular flexibility index (Phi) is 6.58. The van der Waals surface area contributed by atoms with Crippen LogP contribution in [0.3, 0.4) is 0 Å². The highest BCUT2D eigenvalue weighted by Crippen LogP contribution is 2.13. The van der Waals surface area contributed by atoms with Crippen LogP contribution in [0.25, 0.3) is 0 Å². The average molecular weight is 360 g/mol. The lowest BCUT2D eigenvalue weighted by molar-refractivity contribution is 0.0938. The number of anilines is 1. The third kappa shape index (κ3) is 6.23. The monoisotopic (exact) mass is 360 g/mol. The number of hydrogen-bond acceptors (Lipinski definition) is 3. The maximum atomic E-state index is 12.4. The van der Waals surface area contributed by atoms with Crippen LogP contribution in [0.5, 0.6) is 0 Å². The van der Waals surface area contributed by atoms with E-state index in [1.165, 1.54) is 5.56 Å². The van der Waals surface area contributed by atoms with Gasteiger partial charge in [0.1, 0.15) is 0 Å². The van der Waals surface area contributed by atoms with Gasteiger partial charge in [-0.1, -0.05) is 36.4 Å². The summed E-state index contributed by atoms with van der Waals surface area (Å²) in [6.45, 7) is 3.53. The van der Waals surface area contributed by atoms with E-state index < -0.39 is 10.0 Å². The standard InChI is InChI=1S/C19H24N2O3S/c1-3-25(23,24)21-18-11-7-10-17(14-18)19(22)20-15(2)12-13-16-8-5-4-6-9-16/h4-11,14-15,21H,3,12-13H2,1-2H3,(H,20,22). The molecule has 25 heavy (non-hydrogen) atoms. The average Bonchev–Trinajstić information content (AvgIpc) is 2.61. The molecule has 0 spiro atoms. The molecule has 1 unspecified atom stereocenters. The van der Waals surface area contributed by atoms with Crippen molar-refractivity contribution >= 4 is 21.6 Å². The van der Waals surface area contributed by atoms with E-state index in [0.717, 1.165) is 12.8 Å². The minimum atomic E-state index is -3.36. The van der Waals surface area contributed by atoms with E-state index in [9.17, 15) is 13.2 Å². The van der Waals surface area contributed by atoms with Crippen LogP contribution >= 0.6 is 0 Å². The Labute approximate surface area is 149 Å². The van der Waals surface area contributed by atoms with Crippen molar-refractivity contribution in [3.8, 4) is 0 Å². The molecular weight excluding hydrogens is 336 g/mol. The molecule has 0 aromatic heterocycles. The van der Waals surface area contributed by atoms with Gasteiger partial charge in [0, 0.05) is 17.3 Å². The lowest BCUT2D eigenvalue weighted by Gasteiger charge is -2.14. The van der Waals surface area contributed by atoms with E-state index in [4.69, 9.17) is 0 Å². The van der Waals surface area contributed by atoms with Crippen molar-refractivity contribution in [1.82, 2.24) is 5.32 Å². The summed E-state index contributed by atoms with van der Waals surface area (Å²) in [6, 6.07) is 16.6. The number of nitrogens with one attached hydrogen (secondary N) is 2. The van der Waals surface area contributed by atoms with Crippen molar-refractivity contribution in [2.45, 2.75) is 32.7 Å². The first-order valence-electron chi connectivity index (χ1n) is 8.35. The molecule has 6 heteroatoms. The summed E-state index contributed by atoms with van der Waals surface area (Å²) in [4.78, 5) is 12.4. The predicted molar refractivity (Wildman–Crippen MR) is 101 cm³/mol. The number of hydrogen-bond donors (Lipinski definition) is 2. The first-order chi connectivity index (χ1) is 11.9. The second-order valence-corrected chi connectivity index (χ2v) is 8.00. The van der Waals surface area contributed by atoms with E-state index >= 15 is 0 Å². The lowest BCUT2D eigenvalue weighted by atomic mass is 10.1. The Hall–Kier alpha value is -2.34. The molecule has 0 aliphatic heterocycles. The van der Waals surface area contributed by atoms with Crippen LogP contribution in [-0.2, 0) is 16.4 Å². The lowest BCUT2D eigenvalue weighted by Crippen LogP contribution is -2.33. The van der Waals surface area contributed by atoms with Crippen LogP contribution < -0.4 is 10.0 Å². The minimum Gasteiger partial charge on any atom is -0.350 e. The molecule has 2 aromatic rings. The van der Waals surface area contributed by atoms with Gasteiger partial charge in [-0.2, -0.15) is 0 Å². The fourth-order valence-corrected chi connectivity index (χ4v) is 3.01. The highest BCUT2D eigenvalue weighted by Gasteiger charge is 2.12. The third-order valence-electron chi connectivity index (χ3n) is 3.86. The van der Waals surface area contributed by atoms with Crippen molar-refractivity contribution in [2.75, 3.05) is 10.5 Å². The van der Waals surface area contributed by atoms with Gasteiger partial charge in [0.2, 0.25) is 10.0 Å². The van der Waals surface area contributed by atoms with Crippen molar-refractivity contribution < 1.29 is 13.2 Å². The molecule has 1 amide bonds. The smallest absolute Gasteiger partial charge is 0.251 e. The van der Waals surface area contributed by atoms with Crippen LogP contribution in [0.4, 0.5) is 5.69 Å². The molecular formula is C19H24N2O3S. The fraction of sp³-hybridized carbons (Fsp3) is 0.316. The summed E-state index contributed by atoms with van der Waals surface area (Å²) in [7, 11) is -3.36. The van der Waals surface area contributed by atoms with Gasteiger partial charge in [-0.3, -0.25) is 9.52 Å². The molecule has 0 aliphatic rings. The first kappa shape index (κ1) is 19.0. The van der Waals surface area contributed by atoms with E-state index in [-0.39, 0.29) is 17.7 Å². The van der Waals surface area contributed by atoms with Crippen LogP contribution in [0.1, 0.15) is 36.2 Å². The highest BCUT2D eigenvalue weighted by molar-refractivity contribution is 7.92. The minimum absolute atomic E-state index is 0.0139. The summed E-state index contributed by atoms with van der Waals surface area (Å²) in [6.07, 6.45) is 1.72. The number of benzene rings is 2. The Balaban J connectivity index is 1.93. The molecule has 0 heterocycles. The number of carbonyl (C=O) groups excluding carboxylic acids is 1. The van der Waals surface area contributed by atoms with Crippen LogP contribution in [0, 0.1) is 0 Å². The second-order valence-electron chi connectivity index (χ2n) is 5.99. The van der Waals surface area contributed by atoms with Gasteiger partial charge in [0.05, 0.1) is 5.75 Å². The molecule has 5 nitrogen and oxygen atoms in total. The molecule has 0 aliphatic carbocycles. The van der Waals surface area contributed by atoms with Crippen LogP contribution in [0.15, 0.2) is 54.6 Å². The summed E-state index contributed by atoms with van der Waals surface area (Å²) < 4.78 is 25.7. The maximum absolute atomic E-state index is 12.4. The summed E-state index contributed by atoms with van der Waals surface area (Å²) in [5.41, 5.74) is 2.06. The van der Waals surface area contributed by atoms with E-state index in [0.29, 0.717) is 11.3 Å². The Bertz CT molecular complexity index is 804. The van der Waals surface area contributed by atoms with Gasteiger partial charge in [0.15, 0.2) is 0 Å². The zero-order chi connectivity index (χ0) is 18.3. The Morgan fingerprint density at radius 1 is 1.08 bits per heavy atom. The molecule has 134 valence electrons. The molecule has 0 radical (unpaired) electrons. The highest BCUT2D eigenvalue weighted by atomic mass is 32.2. The Morgan fingerprint density at radius 2 is 1.80 bits per heavy atom. The second kappa shape index (κ2) is 8.67. The largest absolute Gasteiger partial charge is 0.350 e. The summed E-state index contributed by atoms with van der Waals surface area (Å²) in [5.74, 6) is -0.224. The zero-order valence-corrected chi connectivity index (χ0v) is 15.3. The normalized spacial score (nSPS) is 12.4. The van der Waals surface area contributed by atoms with Gasteiger partial charge < -0.3 is 5.32 Å². The predicted octanol–water partition coefficient (Wildman–Crippen LogP) is 3.20. The first-order valence-corrected chi connectivity index (χ1v) is 10.00. The molecule has 2 N–H and O–H groups in total. The summed E-state index contributed by atoms with van der Waals surface area (Å²) in [5, 5.41) is 2.95. The maximum Gasteiger partial charge on any atom is 0.251 e. The quantitative estimate of drug-likeness (QED) is 0.759. The van der Waals surface area contributed by atoms with Gasteiger partial charge >= 0.3 is 0 Å². The third-order valence-corrected chi connectivity index (χ3v) is 5.17. The van der Waals surface area contributed by atoms with Crippen molar-refractivity contribution in [1.29, 1.82) is 0 Å². The molecule has 1 atom stereocenters. The number of amides is 1. The van der Waals surface area contributed by atoms with Gasteiger partial charge in [-0.15, -0.1) is 0 Å². The summed E-state index contributed by atoms with van der Waals surface area (Å²) >= 11 is 0. The zero-order valence-electron chi connectivity index (χ0n) is 14.5. The number of aryl methyl sites for hydroxylation is 1. The molecule has 2 aromatic carbocycles. The molecule has 0 bridgehead atoms. The van der Waals surface area contributed by atoms with E-state index in [1.807, 2.05) is 25.1 Å². The van der Waals surface area contributed by atoms with Crippen LogP contribution in [0.2, 0.25) is 0 Å². The van der Waals surface area contributed by atoms with E-state index in [1.54, 1.807) is 31.2 Å². The van der Waals surface area contributed by atoms with Gasteiger partial charge in [-0.25, -0.2) is 8.42 Å². The SMILES string of the molecule is CCS(=O)(=O)Nc1cccc(C(=O)NC(C)CCc2ccccc2)c1. The van der Waals surface area contributed by atoms with E-state index in [2.05, 4.69) is 22.2 Å². The van der Waals surface area contributed by atoms with Crippen molar-refractivity contribution in [2.24, 2.45) is 0 Å². The van der Waals surface area contributed by atoms with Gasteiger partial charge in [0.25, 0.3) is 5.91 Å². The molecule has 0 saturated heterocycles. The van der Waals surface area contributed by atoms with Gasteiger partial charge in [-0.05, 0) is 50.5 Å². The molecule has 0 fully saturated rings. The number of rotatable bonds is 8. The number of sulfonamides is 1.